The van der Waals surface area contributed by atoms with Crippen LogP contribution in [0.4, 0.5) is 0 Å². The molecule has 0 aromatic heterocycles. The molecule has 0 radical (unpaired) electrons. The Morgan fingerprint density at radius 1 is 1.70 bits per heavy atom. The zero-order chi connectivity index (χ0) is 7.98. The number of carbonyl (C=O) groups excluding carboxylic acids is 1. The van der Waals surface area contributed by atoms with Crippen molar-refractivity contribution in [2.45, 2.75) is 19.4 Å². The van der Waals surface area contributed by atoms with Crippen LogP contribution < -0.4 is 16.6 Å². The third-order valence-corrected chi connectivity index (χ3v) is 1.31. The lowest BCUT2D eigenvalue weighted by atomic mass is 10.1. The third kappa shape index (κ3) is 4.43. The summed E-state index contributed by atoms with van der Waals surface area (Å²) in [5.74, 6) is 5.25. The third-order valence-electron chi connectivity index (χ3n) is 1.31. The van der Waals surface area contributed by atoms with E-state index < -0.39 is 0 Å². The van der Waals surface area contributed by atoms with E-state index in [1.54, 1.807) is 6.92 Å². The van der Waals surface area contributed by atoms with E-state index in [0.717, 1.165) is 0 Å². The lowest BCUT2D eigenvalue weighted by Crippen LogP contribution is -2.40. The molecule has 1 atom stereocenters. The predicted molar refractivity (Wildman–Crippen MR) is 40.3 cm³/mol. The van der Waals surface area contributed by atoms with Gasteiger partial charge >= 0.3 is 0 Å². The smallest absolute Gasteiger partial charge is 0.131 e. The molecule has 1 unspecified atom stereocenters. The second kappa shape index (κ2) is 5.34. The van der Waals surface area contributed by atoms with Gasteiger partial charge in [0.2, 0.25) is 0 Å². The minimum Gasteiger partial charge on any atom is -0.315 e. The van der Waals surface area contributed by atoms with Gasteiger partial charge < -0.3 is 5.32 Å². The number of likely N-dealkylation sites (N-methyl/N-ethyl adjacent to an activating group) is 1. The number of rotatable bonds is 5. The molecule has 0 rings (SSSR count). The van der Waals surface area contributed by atoms with Crippen LogP contribution in [0.5, 0.6) is 0 Å². The molecule has 0 aliphatic carbocycles. The molecule has 0 aliphatic heterocycles. The first kappa shape index (κ1) is 9.55. The van der Waals surface area contributed by atoms with Gasteiger partial charge in [-0.05, 0) is 14.0 Å². The van der Waals surface area contributed by atoms with Gasteiger partial charge in [-0.1, -0.05) is 0 Å². The van der Waals surface area contributed by atoms with Crippen molar-refractivity contribution in [3.8, 4) is 0 Å². The maximum absolute atomic E-state index is 10.6. The molecule has 0 aliphatic rings. The van der Waals surface area contributed by atoms with E-state index in [1.807, 2.05) is 7.05 Å². The molecule has 0 saturated carbocycles. The highest BCUT2D eigenvalue weighted by molar-refractivity contribution is 5.76. The number of nitrogens with one attached hydrogen (secondary N) is 2. The van der Waals surface area contributed by atoms with Gasteiger partial charge in [0.25, 0.3) is 0 Å². The van der Waals surface area contributed by atoms with Crippen LogP contribution in [-0.4, -0.2) is 25.4 Å². The summed E-state index contributed by atoms with van der Waals surface area (Å²) in [4.78, 5) is 10.6. The number of nitrogens with two attached hydrogens (primary N) is 1. The van der Waals surface area contributed by atoms with Gasteiger partial charge in [-0.25, -0.2) is 0 Å². The monoisotopic (exact) mass is 145 g/mol. The number of Topliss-reactive ketones (excluding diaryl/α,β-unsaturated/α-hetero) is 1. The van der Waals surface area contributed by atoms with Crippen molar-refractivity contribution in [2.24, 2.45) is 5.84 Å². The Hall–Kier alpha value is -0.450. The van der Waals surface area contributed by atoms with Gasteiger partial charge in [-0.2, -0.15) is 0 Å². The number of hydrazine groups is 1. The summed E-state index contributed by atoms with van der Waals surface area (Å²) in [6, 6.07) is 0.155. The van der Waals surface area contributed by atoms with E-state index in [9.17, 15) is 4.79 Å². The van der Waals surface area contributed by atoms with E-state index in [0.29, 0.717) is 13.0 Å². The maximum Gasteiger partial charge on any atom is 0.131 e. The normalized spacial score (nSPS) is 13.1. The molecule has 10 heavy (non-hydrogen) atoms. The van der Waals surface area contributed by atoms with E-state index >= 15 is 0 Å². The summed E-state index contributed by atoms with van der Waals surface area (Å²) in [6.45, 7) is 2.19. The summed E-state index contributed by atoms with van der Waals surface area (Å²) in [6.07, 6.45) is 0.528. The molecule has 4 heteroatoms. The number of ketones is 1. The van der Waals surface area contributed by atoms with E-state index in [1.165, 1.54) is 0 Å². The fourth-order valence-electron chi connectivity index (χ4n) is 0.766. The first-order chi connectivity index (χ1) is 4.70. The SMILES string of the molecule is CNC(CNN)CC(C)=O. The molecule has 4 N–H and O–H groups in total. The fourth-order valence-corrected chi connectivity index (χ4v) is 0.766. The fraction of sp³-hybridized carbons (Fsp3) is 0.833. The molecular weight excluding hydrogens is 130 g/mol. The molecule has 60 valence electrons. The van der Waals surface area contributed by atoms with Gasteiger partial charge in [0.05, 0.1) is 0 Å². The molecule has 0 saturated heterocycles. The summed E-state index contributed by atoms with van der Waals surface area (Å²) in [5, 5.41) is 2.97. The van der Waals surface area contributed by atoms with Crippen LogP contribution in [0.1, 0.15) is 13.3 Å². The first-order valence-corrected chi connectivity index (χ1v) is 3.31. The molecule has 0 aromatic rings. The first-order valence-electron chi connectivity index (χ1n) is 3.31. The van der Waals surface area contributed by atoms with Crippen LogP contribution in [-0.2, 0) is 4.79 Å². The quantitative estimate of drug-likeness (QED) is 0.343. The second-order valence-corrected chi connectivity index (χ2v) is 2.30. The van der Waals surface area contributed by atoms with E-state index in [4.69, 9.17) is 5.84 Å². The van der Waals surface area contributed by atoms with Crippen molar-refractivity contribution in [1.29, 1.82) is 0 Å². The van der Waals surface area contributed by atoms with Crippen LogP contribution in [0.15, 0.2) is 0 Å². The summed E-state index contributed by atoms with van der Waals surface area (Å²) < 4.78 is 0. The van der Waals surface area contributed by atoms with Crippen LogP contribution in [0.25, 0.3) is 0 Å². The van der Waals surface area contributed by atoms with Gasteiger partial charge in [0.15, 0.2) is 0 Å². The number of hydrogen-bond donors (Lipinski definition) is 3. The van der Waals surface area contributed by atoms with Gasteiger partial charge in [-0.3, -0.25) is 16.1 Å². The Bertz CT molecular complexity index is 105. The van der Waals surface area contributed by atoms with Gasteiger partial charge in [0.1, 0.15) is 5.78 Å². The summed E-state index contributed by atoms with van der Waals surface area (Å²) in [7, 11) is 1.81. The highest BCUT2D eigenvalue weighted by Gasteiger charge is 2.06. The Kier molecular flexibility index (Phi) is 5.10. The Balaban J connectivity index is 3.49. The maximum atomic E-state index is 10.6. The number of hydrogen-bond acceptors (Lipinski definition) is 4. The number of carbonyl (C=O) groups is 1. The van der Waals surface area contributed by atoms with Crippen molar-refractivity contribution >= 4 is 5.78 Å². The van der Waals surface area contributed by atoms with Crippen molar-refractivity contribution < 1.29 is 4.79 Å². The standard InChI is InChI=1S/C6H15N3O/c1-5(10)3-6(8-2)4-9-7/h6,8-9H,3-4,7H2,1-2H3. The Morgan fingerprint density at radius 3 is 2.60 bits per heavy atom. The average molecular weight is 145 g/mol. The van der Waals surface area contributed by atoms with Crippen molar-refractivity contribution in [3.05, 3.63) is 0 Å². The Labute approximate surface area is 61.1 Å². The van der Waals surface area contributed by atoms with E-state index in [2.05, 4.69) is 10.7 Å². The van der Waals surface area contributed by atoms with E-state index in [-0.39, 0.29) is 11.8 Å². The van der Waals surface area contributed by atoms with Crippen LogP contribution in [0.3, 0.4) is 0 Å². The molecule has 0 amide bonds. The summed E-state index contributed by atoms with van der Waals surface area (Å²) >= 11 is 0. The Morgan fingerprint density at radius 2 is 2.30 bits per heavy atom. The molecule has 0 spiro atoms. The molecule has 0 heterocycles. The highest BCUT2D eigenvalue weighted by atomic mass is 16.1. The zero-order valence-electron chi connectivity index (χ0n) is 6.48. The largest absolute Gasteiger partial charge is 0.315 e. The predicted octanol–water partition coefficient (Wildman–Crippen LogP) is -0.983. The topological polar surface area (TPSA) is 67.2 Å². The van der Waals surface area contributed by atoms with Crippen molar-refractivity contribution in [1.82, 2.24) is 10.7 Å². The minimum absolute atomic E-state index is 0.155. The van der Waals surface area contributed by atoms with Crippen LogP contribution in [0.2, 0.25) is 0 Å². The molecule has 0 bridgehead atoms. The lowest BCUT2D eigenvalue weighted by molar-refractivity contribution is -0.117. The highest BCUT2D eigenvalue weighted by Crippen LogP contribution is 1.89. The molecule has 4 nitrogen and oxygen atoms in total. The molecule has 0 fully saturated rings. The molecule has 0 aromatic carbocycles. The van der Waals surface area contributed by atoms with Crippen LogP contribution >= 0.6 is 0 Å². The van der Waals surface area contributed by atoms with Crippen molar-refractivity contribution in [3.63, 3.8) is 0 Å². The molecular formula is C6H15N3O. The van der Waals surface area contributed by atoms with Gasteiger partial charge in [-0.15, -0.1) is 0 Å². The second-order valence-electron chi connectivity index (χ2n) is 2.30. The average Bonchev–Trinajstić information content (AvgIpc) is 1.86. The van der Waals surface area contributed by atoms with Crippen molar-refractivity contribution in [2.75, 3.05) is 13.6 Å². The lowest BCUT2D eigenvalue weighted by Gasteiger charge is -2.12. The van der Waals surface area contributed by atoms with Gasteiger partial charge in [0, 0.05) is 19.0 Å². The zero-order valence-corrected chi connectivity index (χ0v) is 6.48. The minimum atomic E-state index is 0.155. The van der Waals surface area contributed by atoms with Crippen LogP contribution in [0, 0.1) is 0 Å². The summed E-state index contributed by atoms with van der Waals surface area (Å²) in [5.41, 5.74) is 2.51.